The van der Waals surface area contributed by atoms with Gasteiger partial charge in [0.2, 0.25) is 5.89 Å². The SMILES string of the molecule is O=C(O)C1CC=CCC1c1nc(CC2CCC2)no1. The van der Waals surface area contributed by atoms with Crippen molar-refractivity contribution in [2.75, 3.05) is 0 Å². The second kappa shape index (κ2) is 5.15. The van der Waals surface area contributed by atoms with E-state index in [4.69, 9.17) is 4.52 Å². The van der Waals surface area contributed by atoms with E-state index in [9.17, 15) is 9.90 Å². The number of carboxylic acids is 1. The van der Waals surface area contributed by atoms with Gasteiger partial charge in [-0.1, -0.05) is 36.6 Å². The highest BCUT2D eigenvalue weighted by Gasteiger charge is 2.34. The maximum absolute atomic E-state index is 11.3. The van der Waals surface area contributed by atoms with Crippen molar-refractivity contribution in [2.45, 2.75) is 44.4 Å². The van der Waals surface area contributed by atoms with E-state index < -0.39 is 11.9 Å². The summed E-state index contributed by atoms with van der Waals surface area (Å²) in [6, 6.07) is 0. The van der Waals surface area contributed by atoms with Crippen molar-refractivity contribution < 1.29 is 14.4 Å². The molecule has 0 amide bonds. The molecule has 102 valence electrons. The lowest BCUT2D eigenvalue weighted by molar-refractivity contribution is -0.142. The molecule has 19 heavy (non-hydrogen) atoms. The monoisotopic (exact) mass is 262 g/mol. The fourth-order valence-corrected chi connectivity index (χ4v) is 2.82. The Morgan fingerprint density at radius 2 is 2.16 bits per heavy atom. The van der Waals surface area contributed by atoms with Crippen molar-refractivity contribution in [3.63, 3.8) is 0 Å². The zero-order valence-electron chi connectivity index (χ0n) is 10.8. The number of carboxylic acid groups (broad SMARTS) is 1. The lowest BCUT2D eigenvalue weighted by atomic mass is 9.82. The molecule has 1 saturated carbocycles. The summed E-state index contributed by atoms with van der Waals surface area (Å²) in [5.41, 5.74) is 0. The summed E-state index contributed by atoms with van der Waals surface area (Å²) in [5.74, 6) is 0.511. The smallest absolute Gasteiger partial charge is 0.307 e. The van der Waals surface area contributed by atoms with Gasteiger partial charge in [-0.25, -0.2) is 0 Å². The van der Waals surface area contributed by atoms with Gasteiger partial charge in [-0.05, 0) is 18.8 Å². The summed E-state index contributed by atoms with van der Waals surface area (Å²) >= 11 is 0. The Morgan fingerprint density at radius 3 is 2.84 bits per heavy atom. The molecule has 0 radical (unpaired) electrons. The van der Waals surface area contributed by atoms with Crippen LogP contribution in [0.5, 0.6) is 0 Å². The van der Waals surface area contributed by atoms with Crippen LogP contribution < -0.4 is 0 Å². The summed E-state index contributed by atoms with van der Waals surface area (Å²) in [6.07, 6.45) is 9.78. The van der Waals surface area contributed by atoms with E-state index in [1.165, 1.54) is 19.3 Å². The van der Waals surface area contributed by atoms with Crippen molar-refractivity contribution in [2.24, 2.45) is 11.8 Å². The van der Waals surface area contributed by atoms with E-state index in [2.05, 4.69) is 10.1 Å². The molecule has 2 aliphatic rings. The predicted octanol–water partition coefficient (Wildman–Crippen LogP) is 2.55. The lowest BCUT2D eigenvalue weighted by Crippen LogP contribution is -2.23. The van der Waals surface area contributed by atoms with Gasteiger partial charge in [-0.15, -0.1) is 0 Å². The Balaban J connectivity index is 1.73. The van der Waals surface area contributed by atoms with Gasteiger partial charge in [0.25, 0.3) is 0 Å². The predicted molar refractivity (Wildman–Crippen MR) is 67.6 cm³/mol. The average molecular weight is 262 g/mol. The third kappa shape index (κ3) is 2.55. The maximum Gasteiger partial charge on any atom is 0.307 e. The first kappa shape index (κ1) is 12.4. The minimum atomic E-state index is -0.784. The minimum absolute atomic E-state index is 0.176. The zero-order chi connectivity index (χ0) is 13.2. The highest BCUT2D eigenvalue weighted by Crippen LogP contribution is 2.34. The first-order valence-corrected chi connectivity index (χ1v) is 6.94. The van der Waals surface area contributed by atoms with Gasteiger partial charge in [-0.3, -0.25) is 4.79 Å². The van der Waals surface area contributed by atoms with Crippen LogP contribution in [0.25, 0.3) is 0 Å². The number of nitrogens with zero attached hydrogens (tertiary/aromatic N) is 2. The van der Waals surface area contributed by atoms with Gasteiger partial charge >= 0.3 is 5.97 Å². The number of hydrogen-bond acceptors (Lipinski definition) is 4. The molecule has 3 rings (SSSR count). The average Bonchev–Trinajstić information content (AvgIpc) is 2.82. The lowest BCUT2D eigenvalue weighted by Gasteiger charge is -2.23. The molecule has 0 spiro atoms. The summed E-state index contributed by atoms with van der Waals surface area (Å²) in [7, 11) is 0. The minimum Gasteiger partial charge on any atom is -0.481 e. The van der Waals surface area contributed by atoms with Gasteiger partial charge in [-0.2, -0.15) is 4.98 Å². The van der Waals surface area contributed by atoms with Gasteiger partial charge in [0.05, 0.1) is 11.8 Å². The second-order valence-electron chi connectivity index (χ2n) is 5.54. The Kier molecular flexibility index (Phi) is 3.36. The third-order valence-corrected chi connectivity index (χ3v) is 4.25. The van der Waals surface area contributed by atoms with Gasteiger partial charge in [0.1, 0.15) is 0 Å². The fourth-order valence-electron chi connectivity index (χ4n) is 2.82. The van der Waals surface area contributed by atoms with E-state index in [1.807, 2.05) is 12.2 Å². The van der Waals surface area contributed by atoms with E-state index in [0.29, 0.717) is 24.7 Å². The molecule has 5 nitrogen and oxygen atoms in total. The molecular formula is C14H18N2O3. The molecule has 1 aromatic rings. The van der Waals surface area contributed by atoms with Crippen LogP contribution in [-0.4, -0.2) is 21.2 Å². The second-order valence-corrected chi connectivity index (χ2v) is 5.54. The van der Waals surface area contributed by atoms with Crippen molar-refractivity contribution in [3.8, 4) is 0 Å². The normalized spacial score (nSPS) is 27.2. The van der Waals surface area contributed by atoms with Crippen molar-refractivity contribution in [1.82, 2.24) is 10.1 Å². The van der Waals surface area contributed by atoms with E-state index >= 15 is 0 Å². The number of carbonyl (C=O) groups is 1. The topological polar surface area (TPSA) is 76.2 Å². The van der Waals surface area contributed by atoms with Gasteiger partial charge < -0.3 is 9.63 Å². The molecule has 0 saturated heterocycles. The molecule has 0 bridgehead atoms. The van der Waals surface area contributed by atoms with Crippen LogP contribution in [0.3, 0.4) is 0 Å². The zero-order valence-corrected chi connectivity index (χ0v) is 10.8. The van der Waals surface area contributed by atoms with E-state index in [-0.39, 0.29) is 5.92 Å². The highest BCUT2D eigenvalue weighted by molar-refractivity contribution is 5.71. The number of hydrogen-bond donors (Lipinski definition) is 1. The molecule has 2 unspecified atom stereocenters. The summed E-state index contributed by atoms with van der Waals surface area (Å²) in [6.45, 7) is 0. The Bertz CT molecular complexity index is 491. The van der Waals surface area contributed by atoms with Crippen LogP contribution in [0.15, 0.2) is 16.7 Å². The quantitative estimate of drug-likeness (QED) is 0.844. The van der Waals surface area contributed by atoms with E-state index in [0.717, 1.165) is 12.2 Å². The molecule has 1 N–H and O–H groups in total. The highest BCUT2D eigenvalue weighted by atomic mass is 16.5. The molecule has 1 fully saturated rings. The maximum atomic E-state index is 11.3. The molecule has 5 heteroatoms. The number of aromatic nitrogens is 2. The van der Waals surface area contributed by atoms with E-state index in [1.54, 1.807) is 0 Å². The molecule has 2 atom stereocenters. The van der Waals surface area contributed by atoms with Gasteiger partial charge in [0.15, 0.2) is 5.82 Å². The Hall–Kier alpha value is -1.65. The fraction of sp³-hybridized carbons (Fsp3) is 0.643. The van der Waals surface area contributed by atoms with Crippen molar-refractivity contribution in [3.05, 3.63) is 23.9 Å². The van der Waals surface area contributed by atoms with Crippen LogP contribution in [0.1, 0.15) is 49.7 Å². The van der Waals surface area contributed by atoms with Crippen LogP contribution in [-0.2, 0) is 11.2 Å². The van der Waals surface area contributed by atoms with Crippen LogP contribution >= 0.6 is 0 Å². The van der Waals surface area contributed by atoms with Crippen LogP contribution in [0, 0.1) is 11.8 Å². The summed E-state index contributed by atoms with van der Waals surface area (Å²) < 4.78 is 5.30. The molecule has 1 heterocycles. The number of aliphatic carboxylic acids is 1. The molecule has 1 aromatic heterocycles. The summed E-state index contributed by atoms with van der Waals surface area (Å²) in [5, 5.41) is 13.2. The Morgan fingerprint density at radius 1 is 1.37 bits per heavy atom. The van der Waals surface area contributed by atoms with Crippen molar-refractivity contribution in [1.29, 1.82) is 0 Å². The molecule has 2 aliphatic carbocycles. The molecular weight excluding hydrogens is 244 g/mol. The standard InChI is InChI=1S/C14H18N2O3/c17-14(18)11-7-2-1-6-10(11)13-15-12(16-19-13)8-9-4-3-5-9/h1-2,9-11H,3-8H2,(H,17,18). The molecule has 0 aromatic carbocycles. The number of rotatable bonds is 4. The van der Waals surface area contributed by atoms with Crippen LogP contribution in [0.4, 0.5) is 0 Å². The van der Waals surface area contributed by atoms with Crippen molar-refractivity contribution >= 4 is 5.97 Å². The summed E-state index contributed by atoms with van der Waals surface area (Å²) in [4.78, 5) is 15.7. The number of allylic oxidation sites excluding steroid dienone is 2. The first-order valence-electron chi connectivity index (χ1n) is 6.94. The molecule has 0 aliphatic heterocycles. The van der Waals surface area contributed by atoms with Crippen LogP contribution in [0.2, 0.25) is 0 Å². The largest absolute Gasteiger partial charge is 0.481 e. The van der Waals surface area contributed by atoms with Gasteiger partial charge in [0, 0.05) is 6.42 Å². The Labute approximate surface area is 111 Å². The first-order chi connectivity index (χ1) is 9.24. The third-order valence-electron chi connectivity index (χ3n) is 4.25.